The molecule has 3 nitrogen and oxygen atoms in total. The van der Waals surface area contributed by atoms with Crippen LogP contribution in [0.5, 0.6) is 11.5 Å². The molecule has 0 N–H and O–H groups in total. The molecule has 0 spiro atoms. The highest BCUT2D eigenvalue weighted by atomic mass is 32.1. The van der Waals surface area contributed by atoms with Crippen LogP contribution in [0.15, 0.2) is 72.8 Å². The zero-order valence-corrected chi connectivity index (χ0v) is 24.1. The molecule has 0 bridgehead atoms. The number of fused-ring (bicyclic) bond motifs is 10. The van der Waals surface area contributed by atoms with Gasteiger partial charge in [-0.25, -0.2) is 0 Å². The lowest BCUT2D eigenvalue weighted by Crippen LogP contribution is -1.93. The maximum Gasteiger partial charge on any atom is 0.128 e. The Morgan fingerprint density at radius 3 is 2.38 bits per heavy atom. The minimum atomic E-state index is 0.539. The maximum absolute atomic E-state index is 5.95. The third-order valence-corrected chi connectivity index (χ3v) is 10.1. The predicted molar refractivity (Wildman–Crippen MR) is 173 cm³/mol. The van der Waals surface area contributed by atoms with E-state index in [9.17, 15) is 0 Å². The fourth-order valence-corrected chi connectivity index (χ4v) is 7.94. The number of unbranched alkanes of at least 4 members (excludes halogenated alkanes) is 1. The second-order valence-electron chi connectivity index (χ2n) is 11.2. The van der Waals surface area contributed by atoms with Crippen molar-refractivity contribution >= 4 is 80.4 Å². The molecular formula is C36H31NO2S. The summed E-state index contributed by atoms with van der Waals surface area (Å²) >= 11 is 1.85. The molecule has 8 rings (SSSR count). The molecular weight excluding hydrogens is 510 g/mol. The molecule has 0 fully saturated rings. The smallest absolute Gasteiger partial charge is 0.128 e. The van der Waals surface area contributed by atoms with Crippen molar-refractivity contribution in [3.63, 3.8) is 0 Å². The van der Waals surface area contributed by atoms with Crippen LogP contribution < -0.4 is 9.47 Å². The first-order chi connectivity index (χ1) is 19.6. The van der Waals surface area contributed by atoms with Gasteiger partial charge in [-0.05, 0) is 95.4 Å². The number of thiophene rings is 1. The molecule has 3 aromatic heterocycles. The first kappa shape index (κ1) is 23.8. The van der Waals surface area contributed by atoms with Crippen molar-refractivity contribution in [3.05, 3.63) is 78.4 Å². The van der Waals surface area contributed by atoms with Gasteiger partial charge in [-0.15, -0.1) is 11.3 Å². The van der Waals surface area contributed by atoms with Crippen molar-refractivity contribution in [3.8, 4) is 11.5 Å². The lowest BCUT2D eigenvalue weighted by molar-refractivity contribution is 0.415. The standard InChI is InChI=1S/C36H31NO2S/c1-5-6-7-20(2)21-8-11-30-29(14-21)35-32(39-4)12-10-25-26-15-23-18-34-27(16-22(23)17-31(26)37(30)36(25)35)28-19-24(38-3)9-13-33(28)40-34/h8-20H,5-7H2,1-4H3. The number of ether oxygens (including phenoxy) is 2. The topological polar surface area (TPSA) is 22.9 Å². The van der Waals surface area contributed by atoms with Crippen molar-refractivity contribution in [2.24, 2.45) is 0 Å². The summed E-state index contributed by atoms with van der Waals surface area (Å²) in [6.07, 6.45) is 3.71. The van der Waals surface area contributed by atoms with E-state index in [1.165, 1.54) is 93.9 Å². The van der Waals surface area contributed by atoms with Crippen LogP contribution in [0.3, 0.4) is 0 Å². The zero-order chi connectivity index (χ0) is 27.1. The van der Waals surface area contributed by atoms with Gasteiger partial charge in [0.05, 0.1) is 36.2 Å². The third-order valence-electron chi connectivity index (χ3n) is 8.95. The van der Waals surface area contributed by atoms with E-state index < -0.39 is 0 Å². The van der Waals surface area contributed by atoms with Gasteiger partial charge in [0.2, 0.25) is 0 Å². The van der Waals surface area contributed by atoms with Crippen LogP contribution >= 0.6 is 11.3 Å². The molecule has 5 aromatic carbocycles. The number of benzene rings is 5. The molecule has 0 radical (unpaired) electrons. The molecule has 0 amide bonds. The summed E-state index contributed by atoms with van der Waals surface area (Å²) in [5.74, 6) is 2.38. The van der Waals surface area contributed by atoms with Gasteiger partial charge >= 0.3 is 0 Å². The Hall–Kier alpha value is -4.02. The monoisotopic (exact) mass is 541 g/mol. The highest BCUT2D eigenvalue weighted by Gasteiger charge is 2.22. The van der Waals surface area contributed by atoms with Crippen LogP contribution in [0.2, 0.25) is 0 Å². The number of hydrogen-bond acceptors (Lipinski definition) is 3. The molecule has 40 heavy (non-hydrogen) atoms. The van der Waals surface area contributed by atoms with Gasteiger partial charge in [0, 0.05) is 36.3 Å². The Morgan fingerprint density at radius 1 is 0.725 bits per heavy atom. The molecule has 0 saturated carbocycles. The SMILES string of the molecule is CCCCC(C)c1ccc2c(c1)c1c(OC)ccc3c4cc5cc6sc7ccc(OC)cc7c6cc5cc4n2c31. The van der Waals surface area contributed by atoms with Crippen LogP contribution in [0.4, 0.5) is 0 Å². The second kappa shape index (κ2) is 8.74. The number of aromatic nitrogens is 1. The molecule has 0 saturated heterocycles. The Labute approximate surface area is 236 Å². The van der Waals surface area contributed by atoms with Crippen molar-refractivity contribution in [1.82, 2.24) is 4.40 Å². The van der Waals surface area contributed by atoms with Crippen LogP contribution in [0, 0.1) is 0 Å². The van der Waals surface area contributed by atoms with E-state index in [2.05, 4.69) is 91.0 Å². The van der Waals surface area contributed by atoms with Gasteiger partial charge in [0.1, 0.15) is 11.5 Å². The number of rotatable bonds is 6. The van der Waals surface area contributed by atoms with Gasteiger partial charge in [-0.3, -0.25) is 0 Å². The Kier molecular flexibility index (Phi) is 5.21. The number of nitrogens with zero attached hydrogens (tertiary/aromatic N) is 1. The first-order valence-corrected chi connectivity index (χ1v) is 15.0. The van der Waals surface area contributed by atoms with Crippen LogP contribution in [-0.4, -0.2) is 18.6 Å². The molecule has 1 unspecified atom stereocenters. The Bertz CT molecular complexity index is 2250. The summed E-state index contributed by atoms with van der Waals surface area (Å²) in [7, 11) is 3.52. The van der Waals surface area contributed by atoms with Crippen LogP contribution in [0.1, 0.15) is 44.6 Å². The largest absolute Gasteiger partial charge is 0.497 e. The normalized spacial score (nSPS) is 13.2. The second-order valence-corrected chi connectivity index (χ2v) is 12.3. The minimum absolute atomic E-state index is 0.539. The lowest BCUT2D eigenvalue weighted by Gasteiger charge is -2.12. The van der Waals surface area contributed by atoms with Gasteiger partial charge in [-0.1, -0.05) is 32.8 Å². The van der Waals surface area contributed by atoms with Gasteiger partial charge in [0.15, 0.2) is 0 Å². The molecule has 0 aliphatic carbocycles. The molecule has 0 aliphatic rings. The van der Waals surface area contributed by atoms with Crippen LogP contribution in [-0.2, 0) is 0 Å². The van der Waals surface area contributed by atoms with E-state index in [0.717, 1.165) is 11.5 Å². The Balaban J connectivity index is 1.45. The van der Waals surface area contributed by atoms with E-state index in [0.29, 0.717) is 5.92 Å². The number of hydrogen-bond donors (Lipinski definition) is 0. The predicted octanol–water partition coefficient (Wildman–Crippen LogP) is 10.7. The fraction of sp³-hybridized carbons (Fsp3) is 0.222. The van der Waals surface area contributed by atoms with E-state index in [1.54, 1.807) is 14.2 Å². The first-order valence-electron chi connectivity index (χ1n) is 14.2. The van der Waals surface area contributed by atoms with Crippen molar-refractivity contribution in [2.75, 3.05) is 14.2 Å². The molecule has 8 aromatic rings. The van der Waals surface area contributed by atoms with Gasteiger partial charge < -0.3 is 13.9 Å². The quantitative estimate of drug-likeness (QED) is 0.209. The summed E-state index contributed by atoms with van der Waals surface area (Å²) in [4.78, 5) is 0. The molecule has 4 heteroatoms. The lowest BCUT2D eigenvalue weighted by atomic mass is 9.94. The maximum atomic E-state index is 5.95. The zero-order valence-electron chi connectivity index (χ0n) is 23.3. The minimum Gasteiger partial charge on any atom is -0.497 e. The summed E-state index contributed by atoms with van der Waals surface area (Å²) < 4.78 is 16.6. The average molecular weight is 542 g/mol. The summed E-state index contributed by atoms with van der Waals surface area (Å²) in [5.41, 5.74) is 5.17. The molecule has 0 aliphatic heterocycles. The summed E-state index contributed by atoms with van der Waals surface area (Å²) in [6.45, 7) is 4.63. The summed E-state index contributed by atoms with van der Waals surface area (Å²) in [6, 6.07) is 27.4. The van der Waals surface area contributed by atoms with E-state index in [4.69, 9.17) is 9.47 Å². The molecule has 198 valence electrons. The van der Waals surface area contributed by atoms with Crippen LogP contribution in [0.25, 0.3) is 69.0 Å². The number of methoxy groups -OCH3 is 2. The highest BCUT2D eigenvalue weighted by molar-refractivity contribution is 7.25. The Morgan fingerprint density at radius 2 is 1.55 bits per heavy atom. The van der Waals surface area contributed by atoms with Gasteiger partial charge in [0.25, 0.3) is 0 Å². The molecule has 3 heterocycles. The highest BCUT2D eigenvalue weighted by Crippen LogP contribution is 2.46. The molecule has 1 atom stereocenters. The summed E-state index contributed by atoms with van der Waals surface area (Å²) in [5, 5.41) is 10.2. The van der Waals surface area contributed by atoms with Crippen molar-refractivity contribution in [2.45, 2.75) is 39.0 Å². The third kappa shape index (κ3) is 3.23. The van der Waals surface area contributed by atoms with Crippen molar-refractivity contribution < 1.29 is 9.47 Å². The van der Waals surface area contributed by atoms with E-state index >= 15 is 0 Å². The van der Waals surface area contributed by atoms with E-state index in [-0.39, 0.29) is 0 Å². The van der Waals surface area contributed by atoms with E-state index in [1.807, 2.05) is 11.3 Å². The fourth-order valence-electron chi connectivity index (χ4n) is 6.82. The average Bonchev–Trinajstić information content (AvgIpc) is 3.62. The van der Waals surface area contributed by atoms with Crippen molar-refractivity contribution in [1.29, 1.82) is 0 Å². The van der Waals surface area contributed by atoms with Gasteiger partial charge in [-0.2, -0.15) is 0 Å².